The van der Waals surface area contributed by atoms with Gasteiger partial charge in [0.15, 0.2) is 0 Å². The van der Waals surface area contributed by atoms with E-state index in [1.165, 1.54) is 19.4 Å². The lowest BCUT2D eigenvalue weighted by Gasteiger charge is -2.27. The molecule has 0 amide bonds. The first-order valence-electron chi connectivity index (χ1n) is 5.73. The molecule has 0 spiro atoms. The van der Waals surface area contributed by atoms with Gasteiger partial charge in [0.05, 0.1) is 6.42 Å². The highest BCUT2D eigenvalue weighted by molar-refractivity contribution is 5.68. The standard InChI is InChI=1S/C12H21NO2/c1-10(2)13-9-5-7-11(13)6-3-4-8-12(14)15/h3-4,10-11H,5-9H2,1-2H3,(H,14,15)/b4-3-. The quantitative estimate of drug-likeness (QED) is 0.709. The van der Waals surface area contributed by atoms with E-state index in [0.29, 0.717) is 12.1 Å². The fraction of sp³-hybridized carbons (Fsp3) is 0.750. The lowest BCUT2D eigenvalue weighted by atomic mass is 10.1. The molecular formula is C12H21NO2. The van der Waals surface area contributed by atoms with E-state index < -0.39 is 5.97 Å². The molecule has 1 heterocycles. The van der Waals surface area contributed by atoms with Crippen LogP contribution in [0.2, 0.25) is 0 Å². The SMILES string of the molecule is CC(C)N1CCCC1C/C=C\CC(=O)O. The van der Waals surface area contributed by atoms with Gasteiger partial charge in [-0.1, -0.05) is 12.2 Å². The van der Waals surface area contributed by atoms with E-state index in [1.807, 2.05) is 6.08 Å². The molecule has 1 rings (SSSR count). The second kappa shape index (κ2) is 5.91. The van der Waals surface area contributed by atoms with Crippen molar-refractivity contribution in [2.24, 2.45) is 0 Å². The van der Waals surface area contributed by atoms with Crippen molar-refractivity contribution in [2.75, 3.05) is 6.54 Å². The number of carboxylic acid groups (broad SMARTS) is 1. The molecule has 0 saturated carbocycles. The summed E-state index contributed by atoms with van der Waals surface area (Å²) in [5, 5.41) is 8.48. The number of likely N-dealkylation sites (tertiary alicyclic amines) is 1. The third-order valence-electron chi connectivity index (χ3n) is 2.95. The minimum Gasteiger partial charge on any atom is -0.481 e. The smallest absolute Gasteiger partial charge is 0.307 e. The van der Waals surface area contributed by atoms with Crippen molar-refractivity contribution in [3.8, 4) is 0 Å². The fourth-order valence-corrected chi connectivity index (χ4v) is 2.23. The Morgan fingerprint density at radius 3 is 2.87 bits per heavy atom. The third kappa shape index (κ3) is 4.04. The Labute approximate surface area is 91.8 Å². The molecule has 0 aromatic carbocycles. The predicted molar refractivity (Wildman–Crippen MR) is 60.9 cm³/mol. The first kappa shape index (κ1) is 12.2. The predicted octanol–water partition coefficient (Wildman–Crippen LogP) is 2.28. The van der Waals surface area contributed by atoms with Crippen LogP contribution in [-0.2, 0) is 4.79 Å². The summed E-state index contributed by atoms with van der Waals surface area (Å²) < 4.78 is 0. The van der Waals surface area contributed by atoms with Crippen LogP contribution >= 0.6 is 0 Å². The van der Waals surface area contributed by atoms with E-state index in [0.717, 1.165) is 6.42 Å². The summed E-state index contributed by atoms with van der Waals surface area (Å²) in [6.07, 6.45) is 7.43. The summed E-state index contributed by atoms with van der Waals surface area (Å²) in [4.78, 5) is 12.8. The summed E-state index contributed by atoms with van der Waals surface area (Å²) in [5.41, 5.74) is 0. The van der Waals surface area contributed by atoms with Crippen molar-refractivity contribution in [2.45, 2.75) is 51.6 Å². The van der Waals surface area contributed by atoms with E-state index in [1.54, 1.807) is 6.08 Å². The monoisotopic (exact) mass is 211 g/mol. The number of hydrogen-bond donors (Lipinski definition) is 1. The van der Waals surface area contributed by atoms with E-state index in [4.69, 9.17) is 5.11 Å². The topological polar surface area (TPSA) is 40.5 Å². The first-order chi connectivity index (χ1) is 7.11. The van der Waals surface area contributed by atoms with Crippen LogP contribution in [-0.4, -0.2) is 34.6 Å². The summed E-state index contributed by atoms with van der Waals surface area (Å²) >= 11 is 0. The average molecular weight is 211 g/mol. The van der Waals surface area contributed by atoms with Gasteiger partial charge in [-0.15, -0.1) is 0 Å². The van der Waals surface area contributed by atoms with Crippen LogP contribution in [0.3, 0.4) is 0 Å². The first-order valence-corrected chi connectivity index (χ1v) is 5.73. The Morgan fingerprint density at radius 2 is 2.27 bits per heavy atom. The van der Waals surface area contributed by atoms with Gasteiger partial charge in [0.2, 0.25) is 0 Å². The number of aliphatic carboxylic acids is 1. The normalized spacial score (nSPS) is 23.0. The Bertz CT molecular complexity index is 236. The highest BCUT2D eigenvalue weighted by atomic mass is 16.4. The molecule has 86 valence electrons. The molecule has 15 heavy (non-hydrogen) atoms. The molecule has 1 N–H and O–H groups in total. The van der Waals surface area contributed by atoms with Crippen molar-refractivity contribution in [3.63, 3.8) is 0 Å². The molecule has 3 heteroatoms. The maximum absolute atomic E-state index is 10.3. The molecule has 0 aromatic rings. The maximum Gasteiger partial charge on any atom is 0.307 e. The van der Waals surface area contributed by atoms with Gasteiger partial charge in [-0.3, -0.25) is 9.69 Å². The molecule has 0 aromatic heterocycles. The van der Waals surface area contributed by atoms with E-state index in [-0.39, 0.29) is 6.42 Å². The molecule has 1 unspecified atom stereocenters. The number of hydrogen-bond acceptors (Lipinski definition) is 2. The molecule has 1 saturated heterocycles. The minimum absolute atomic E-state index is 0.147. The van der Waals surface area contributed by atoms with Crippen LogP contribution in [0, 0.1) is 0 Å². The van der Waals surface area contributed by atoms with Gasteiger partial charge >= 0.3 is 5.97 Å². The summed E-state index contributed by atoms with van der Waals surface area (Å²) in [7, 11) is 0. The molecule has 0 radical (unpaired) electrons. The number of carboxylic acids is 1. The maximum atomic E-state index is 10.3. The van der Waals surface area contributed by atoms with Gasteiger partial charge in [0.25, 0.3) is 0 Å². The molecule has 1 fully saturated rings. The van der Waals surface area contributed by atoms with Crippen LogP contribution in [0.1, 0.15) is 39.5 Å². The van der Waals surface area contributed by atoms with E-state index in [2.05, 4.69) is 18.7 Å². The molecule has 1 aliphatic heterocycles. The minimum atomic E-state index is -0.751. The summed E-state index contributed by atoms with van der Waals surface area (Å²) in [6, 6.07) is 1.22. The Kier molecular flexibility index (Phi) is 4.82. The van der Waals surface area contributed by atoms with Crippen molar-refractivity contribution in [1.29, 1.82) is 0 Å². The fourth-order valence-electron chi connectivity index (χ4n) is 2.23. The molecule has 0 aliphatic carbocycles. The van der Waals surface area contributed by atoms with Crippen molar-refractivity contribution >= 4 is 5.97 Å². The Balaban J connectivity index is 2.31. The number of nitrogens with zero attached hydrogens (tertiary/aromatic N) is 1. The zero-order valence-electron chi connectivity index (χ0n) is 9.65. The largest absolute Gasteiger partial charge is 0.481 e. The van der Waals surface area contributed by atoms with Crippen LogP contribution in [0.25, 0.3) is 0 Å². The van der Waals surface area contributed by atoms with Gasteiger partial charge < -0.3 is 5.11 Å². The van der Waals surface area contributed by atoms with Crippen LogP contribution in [0.5, 0.6) is 0 Å². The molecule has 0 bridgehead atoms. The number of rotatable bonds is 5. The van der Waals surface area contributed by atoms with Gasteiger partial charge in [0, 0.05) is 12.1 Å². The summed E-state index contributed by atoms with van der Waals surface area (Å²) in [6.45, 7) is 5.63. The highest BCUT2D eigenvalue weighted by Crippen LogP contribution is 2.22. The lowest BCUT2D eigenvalue weighted by Crippen LogP contribution is -2.35. The Hall–Kier alpha value is -0.830. The molecule has 1 atom stereocenters. The second-order valence-corrected chi connectivity index (χ2v) is 4.43. The zero-order chi connectivity index (χ0) is 11.3. The molecular weight excluding hydrogens is 190 g/mol. The highest BCUT2D eigenvalue weighted by Gasteiger charge is 2.24. The van der Waals surface area contributed by atoms with E-state index >= 15 is 0 Å². The van der Waals surface area contributed by atoms with Gasteiger partial charge in [0.1, 0.15) is 0 Å². The van der Waals surface area contributed by atoms with E-state index in [9.17, 15) is 4.79 Å². The second-order valence-electron chi connectivity index (χ2n) is 4.43. The molecule has 1 aliphatic rings. The molecule has 3 nitrogen and oxygen atoms in total. The zero-order valence-corrected chi connectivity index (χ0v) is 9.65. The van der Waals surface area contributed by atoms with Gasteiger partial charge in [-0.05, 0) is 39.7 Å². The van der Waals surface area contributed by atoms with Crippen LogP contribution in [0.4, 0.5) is 0 Å². The van der Waals surface area contributed by atoms with Crippen LogP contribution < -0.4 is 0 Å². The third-order valence-corrected chi connectivity index (χ3v) is 2.95. The summed E-state index contributed by atoms with van der Waals surface area (Å²) in [5.74, 6) is -0.751. The average Bonchev–Trinajstić information content (AvgIpc) is 2.60. The van der Waals surface area contributed by atoms with Crippen LogP contribution in [0.15, 0.2) is 12.2 Å². The van der Waals surface area contributed by atoms with Gasteiger partial charge in [-0.25, -0.2) is 0 Å². The van der Waals surface area contributed by atoms with Crippen molar-refractivity contribution < 1.29 is 9.90 Å². The van der Waals surface area contributed by atoms with Crippen molar-refractivity contribution in [3.05, 3.63) is 12.2 Å². The van der Waals surface area contributed by atoms with Gasteiger partial charge in [-0.2, -0.15) is 0 Å². The number of carbonyl (C=O) groups is 1. The van der Waals surface area contributed by atoms with Crippen molar-refractivity contribution in [1.82, 2.24) is 4.90 Å². The lowest BCUT2D eigenvalue weighted by molar-refractivity contribution is -0.136. The Morgan fingerprint density at radius 1 is 1.53 bits per heavy atom.